The minimum atomic E-state index is -0.782. The van der Waals surface area contributed by atoms with Crippen molar-refractivity contribution in [2.24, 2.45) is 0 Å². The normalized spacial score (nSPS) is 11.8. The monoisotopic (exact) mass is 382 g/mol. The van der Waals surface area contributed by atoms with Gasteiger partial charge in [0.1, 0.15) is 16.8 Å². The average molecular weight is 383 g/mol. The number of carbonyl (C=O) groups excluding carboxylic acids is 2. The highest BCUT2D eigenvalue weighted by atomic mass is 35.5. The highest BCUT2D eigenvalue weighted by Gasteiger charge is 2.19. The van der Waals surface area contributed by atoms with Crippen LogP contribution in [0.1, 0.15) is 40.1 Å². The van der Waals surface area contributed by atoms with E-state index in [1.165, 1.54) is 13.0 Å². The second-order valence-corrected chi connectivity index (χ2v) is 6.14. The summed E-state index contributed by atoms with van der Waals surface area (Å²) in [6, 6.07) is 4.00. The Bertz CT molecular complexity index is 835. The predicted octanol–water partition coefficient (Wildman–Crippen LogP) is 3.66. The lowest BCUT2D eigenvalue weighted by Gasteiger charge is -2.15. The molecule has 0 aliphatic rings. The molecule has 1 atom stereocenters. The highest BCUT2D eigenvalue weighted by Crippen LogP contribution is 2.20. The number of pyridine rings is 1. The molecule has 0 spiro atoms. The van der Waals surface area contributed by atoms with Crippen LogP contribution >= 0.6 is 11.6 Å². The molecule has 1 N–H and O–H groups in total. The van der Waals surface area contributed by atoms with Gasteiger partial charge in [-0.15, -0.1) is 0 Å². The Morgan fingerprint density at radius 1 is 1.27 bits per heavy atom. The molecule has 1 heterocycles. The molecule has 1 aromatic carbocycles. The molecule has 1 aromatic heterocycles. The van der Waals surface area contributed by atoms with Crippen LogP contribution in [0.4, 0.5) is 8.78 Å². The number of carbonyl (C=O) groups is 2. The van der Waals surface area contributed by atoms with E-state index in [0.717, 1.165) is 12.1 Å². The van der Waals surface area contributed by atoms with Crippen molar-refractivity contribution in [3.8, 4) is 0 Å². The average Bonchev–Trinajstić information content (AvgIpc) is 2.51. The third kappa shape index (κ3) is 4.76. The van der Waals surface area contributed by atoms with E-state index in [2.05, 4.69) is 10.3 Å². The van der Waals surface area contributed by atoms with Crippen molar-refractivity contribution >= 4 is 23.5 Å². The molecule has 2 rings (SSSR count). The van der Waals surface area contributed by atoms with Crippen LogP contribution in [0.2, 0.25) is 5.15 Å². The van der Waals surface area contributed by atoms with E-state index in [9.17, 15) is 18.4 Å². The second-order valence-electron chi connectivity index (χ2n) is 5.78. The zero-order valence-corrected chi connectivity index (χ0v) is 15.2. The molecule has 0 unspecified atom stereocenters. The van der Waals surface area contributed by atoms with Gasteiger partial charge in [-0.1, -0.05) is 17.7 Å². The summed E-state index contributed by atoms with van der Waals surface area (Å²) in [6.07, 6.45) is 0. The van der Waals surface area contributed by atoms with Crippen LogP contribution in [0.25, 0.3) is 0 Å². The summed E-state index contributed by atoms with van der Waals surface area (Å²) in [6.45, 7) is 4.37. The smallest absolute Gasteiger partial charge is 0.342 e. The summed E-state index contributed by atoms with van der Waals surface area (Å²) in [5.74, 6) is -2.90. The molecule has 0 bridgehead atoms. The first-order valence-corrected chi connectivity index (χ1v) is 8.12. The molecule has 8 heteroatoms. The van der Waals surface area contributed by atoms with E-state index in [-0.39, 0.29) is 16.3 Å². The van der Waals surface area contributed by atoms with E-state index in [1.807, 2.05) is 0 Å². The molecule has 5 nitrogen and oxygen atoms in total. The number of amides is 1. The van der Waals surface area contributed by atoms with Gasteiger partial charge >= 0.3 is 5.97 Å². The van der Waals surface area contributed by atoms with Gasteiger partial charge in [-0.25, -0.2) is 18.6 Å². The summed E-state index contributed by atoms with van der Waals surface area (Å²) in [4.78, 5) is 28.0. The molecule has 1 amide bonds. The van der Waals surface area contributed by atoms with E-state index >= 15 is 0 Å². The maximum absolute atomic E-state index is 13.7. The minimum absolute atomic E-state index is 0.00494. The lowest BCUT2D eigenvalue weighted by Crippen LogP contribution is -2.31. The quantitative estimate of drug-likeness (QED) is 0.633. The van der Waals surface area contributed by atoms with Gasteiger partial charge in [0.05, 0.1) is 11.6 Å². The Morgan fingerprint density at radius 2 is 1.96 bits per heavy atom. The van der Waals surface area contributed by atoms with Gasteiger partial charge in [0.15, 0.2) is 6.61 Å². The summed E-state index contributed by atoms with van der Waals surface area (Å²) in [5.41, 5.74) is 1.43. The van der Waals surface area contributed by atoms with Gasteiger partial charge < -0.3 is 10.1 Å². The molecule has 0 radical (unpaired) electrons. The zero-order chi connectivity index (χ0) is 19.4. The molecular formula is C18H17ClF2N2O3. The summed E-state index contributed by atoms with van der Waals surface area (Å²) >= 11 is 5.95. The Kier molecular flexibility index (Phi) is 6.26. The predicted molar refractivity (Wildman–Crippen MR) is 91.9 cm³/mol. The Hall–Kier alpha value is -2.54. The number of benzene rings is 1. The van der Waals surface area contributed by atoms with Crippen LogP contribution in [0, 0.1) is 25.5 Å². The second kappa shape index (κ2) is 8.23. The lowest BCUT2D eigenvalue weighted by molar-refractivity contribution is -0.124. The van der Waals surface area contributed by atoms with E-state index in [4.69, 9.17) is 16.3 Å². The molecule has 0 aliphatic heterocycles. The number of aromatic nitrogens is 1. The van der Waals surface area contributed by atoms with Gasteiger partial charge in [-0.2, -0.15) is 0 Å². The van der Waals surface area contributed by atoms with Crippen molar-refractivity contribution in [1.29, 1.82) is 0 Å². The number of nitrogens with zero attached hydrogens (tertiary/aromatic N) is 1. The maximum Gasteiger partial charge on any atom is 0.342 e. The lowest BCUT2D eigenvalue weighted by atomic mass is 10.1. The fourth-order valence-corrected chi connectivity index (χ4v) is 2.81. The van der Waals surface area contributed by atoms with Gasteiger partial charge in [-0.3, -0.25) is 4.79 Å². The SMILES string of the molecule is Cc1cc(C)c(C(=O)OCC(=O)N[C@@H](C)c2ccc(F)cc2F)c(Cl)n1. The topological polar surface area (TPSA) is 68.3 Å². The largest absolute Gasteiger partial charge is 0.452 e. The number of aryl methyl sites for hydroxylation is 2. The fraction of sp³-hybridized carbons (Fsp3) is 0.278. The molecule has 0 aliphatic carbocycles. The van der Waals surface area contributed by atoms with Crippen LogP contribution in [-0.4, -0.2) is 23.5 Å². The number of halogens is 3. The number of rotatable bonds is 5. The van der Waals surface area contributed by atoms with Crippen LogP contribution < -0.4 is 5.32 Å². The molecular weight excluding hydrogens is 366 g/mol. The van der Waals surface area contributed by atoms with Gasteiger partial charge in [-0.05, 0) is 38.5 Å². The third-order valence-electron chi connectivity index (χ3n) is 3.65. The summed E-state index contributed by atoms with van der Waals surface area (Å²) in [7, 11) is 0. The molecule has 0 saturated carbocycles. The first kappa shape index (κ1) is 19.8. The first-order chi connectivity index (χ1) is 12.2. The standard InChI is InChI=1S/C18H17ClF2N2O3/c1-9-6-10(2)22-17(19)16(9)18(25)26-8-15(24)23-11(3)13-5-4-12(20)7-14(13)21/h4-7,11H,8H2,1-3H3,(H,23,24)/t11-/m0/s1. The van der Waals surface area contributed by atoms with Crippen molar-refractivity contribution in [3.05, 3.63) is 63.4 Å². The third-order valence-corrected chi connectivity index (χ3v) is 3.92. The van der Waals surface area contributed by atoms with Gasteiger partial charge in [0.2, 0.25) is 0 Å². The zero-order valence-electron chi connectivity index (χ0n) is 14.4. The molecule has 26 heavy (non-hydrogen) atoms. The first-order valence-electron chi connectivity index (χ1n) is 7.74. The van der Waals surface area contributed by atoms with Crippen LogP contribution in [0.3, 0.4) is 0 Å². The minimum Gasteiger partial charge on any atom is -0.452 e. The Morgan fingerprint density at radius 3 is 2.58 bits per heavy atom. The van der Waals surface area contributed by atoms with E-state index < -0.39 is 36.2 Å². The number of hydrogen-bond acceptors (Lipinski definition) is 4. The van der Waals surface area contributed by atoms with Crippen molar-refractivity contribution in [1.82, 2.24) is 10.3 Å². The fourth-order valence-electron chi connectivity index (χ4n) is 2.45. The van der Waals surface area contributed by atoms with E-state index in [0.29, 0.717) is 11.3 Å². The van der Waals surface area contributed by atoms with Crippen LogP contribution in [0.5, 0.6) is 0 Å². The number of hydrogen-bond donors (Lipinski definition) is 1. The molecule has 138 valence electrons. The van der Waals surface area contributed by atoms with Crippen molar-refractivity contribution in [2.45, 2.75) is 26.8 Å². The number of esters is 1. The molecule has 0 fully saturated rings. The molecule has 0 saturated heterocycles. The maximum atomic E-state index is 13.7. The van der Waals surface area contributed by atoms with Gasteiger partial charge in [0, 0.05) is 17.3 Å². The van der Waals surface area contributed by atoms with Crippen LogP contribution in [-0.2, 0) is 9.53 Å². The van der Waals surface area contributed by atoms with Crippen molar-refractivity contribution < 1.29 is 23.1 Å². The van der Waals surface area contributed by atoms with Crippen molar-refractivity contribution in [2.75, 3.05) is 6.61 Å². The summed E-state index contributed by atoms with van der Waals surface area (Å²) < 4.78 is 31.6. The van der Waals surface area contributed by atoms with Crippen LogP contribution in [0.15, 0.2) is 24.3 Å². The Labute approximate surface area is 154 Å². The number of nitrogens with one attached hydrogen (secondary N) is 1. The molecule has 2 aromatic rings. The Balaban J connectivity index is 1.97. The van der Waals surface area contributed by atoms with Crippen molar-refractivity contribution in [3.63, 3.8) is 0 Å². The highest BCUT2D eigenvalue weighted by molar-refractivity contribution is 6.32. The van der Waals surface area contributed by atoms with Gasteiger partial charge in [0.25, 0.3) is 5.91 Å². The number of ether oxygens (including phenoxy) is 1. The summed E-state index contributed by atoms with van der Waals surface area (Å²) in [5, 5.41) is 2.47. The van der Waals surface area contributed by atoms with E-state index in [1.54, 1.807) is 19.9 Å².